The smallest absolute Gasteiger partial charge is 0.0361 e. The molecule has 3 heteroatoms. The van der Waals surface area contributed by atoms with E-state index < -0.39 is 0 Å². The zero-order valence-corrected chi connectivity index (χ0v) is 14.5. The summed E-state index contributed by atoms with van der Waals surface area (Å²) in [6.45, 7) is 7.81. The maximum Gasteiger partial charge on any atom is 0.0361 e. The molecular weight excluding hydrogens is 276 g/mol. The van der Waals surface area contributed by atoms with E-state index in [-0.39, 0.29) is 5.41 Å². The number of rotatable bonds is 6. The molecule has 1 heterocycles. The molecular formula is C18H26N2S. The second-order valence-electron chi connectivity index (χ2n) is 6.45. The second-order valence-corrected chi connectivity index (χ2v) is 7.40. The average Bonchev–Trinajstić information content (AvgIpc) is 3.00. The van der Waals surface area contributed by atoms with Gasteiger partial charge in [-0.05, 0) is 36.1 Å². The van der Waals surface area contributed by atoms with Gasteiger partial charge in [0, 0.05) is 42.7 Å². The maximum atomic E-state index is 3.67. The van der Waals surface area contributed by atoms with Crippen LogP contribution in [0, 0.1) is 0 Å². The molecule has 0 spiro atoms. The highest BCUT2D eigenvalue weighted by molar-refractivity contribution is 7.10. The van der Waals surface area contributed by atoms with Crippen molar-refractivity contribution in [2.24, 2.45) is 0 Å². The van der Waals surface area contributed by atoms with E-state index in [0.717, 1.165) is 6.54 Å². The van der Waals surface area contributed by atoms with Gasteiger partial charge in [0.25, 0.3) is 0 Å². The normalized spacial score (nSPS) is 13.2. The molecule has 1 atom stereocenters. The Morgan fingerprint density at radius 1 is 1.14 bits per heavy atom. The molecule has 0 saturated carbocycles. The highest BCUT2D eigenvalue weighted by Crippen LogP contribution is 2.27. The van der Waals surface area contributed by atoms with Gasteiger partial charge < -0.3 is 10.2 Å². The Morgan fingerprint density at radius 2 is 1.81 bits per heavy atom. The highest BCUT2D eigenvalue weighted by atomic mass is 32.1. The van der Waals surface area contributed by atoms with Crippen molar-refractivity contribution in [3.63, 3.8) is 0 Å². The minimum absolute atomic E-state index is 0.173. The van der Waals surface area contributed by atoms with Crippen molar-refractivity contribution >= 4 is 17.0 Å². The molecule has 0 radical (unpaired) electrons. The standard InChI is InChI=1S/C18H26N2S/c1-14(15-8-10-16(11-9-15)20(4)5)19-13-18(2,3)17-7-6-12-21-17/h6-12,14,19H,13H2,1-5H3. The van der Waals surface area contributed by atoms with Crippen molar-refractivity contribution in [3.8, 4) is 0 Å². The first-order chi connectivity index (χ1) is 9.90. The fraction of sp³-hybridized carbons (Fsp3) is 0.444. The van der Waals surface area contributed by atoms with Crippen LogP contribution in [0.1, 0.15) is 37.3 Å². The largest absolute Gasteiger partial charge is 0.378 e. The summed E-state index contributed by atoms with van der Waals surface area (Å²) >= 11 is 1.84. The number of hydrogen-bond acceptors (Lipinski definition) is 3. The van der Waals surface area contributed by atoms with Crippen LogP contribution in [-0.2, 0) is 5.41 Å². The average molecular weight is 302 g/mol. The Balaban J connectivity index is 1.97. The molecule has 2 aromatic rings. The van der Waals surface area contributed by atoms with E-state index in [1.807, 2.05) is 11.3 Å². The SMILES string of the molecule is CC(NCC(C)(C)c1cccs1)c1ccc(N(C)C)cc1. The van der Waals surface area contributed by atoms with Crippen molar-refractivity contribution in [1.82, 2.24) is 5.32 Å². The van der Waals surface area contributed by atoms with Crippen LogP contribution in [0.25, 0.3) is 0 Å². The van der Waals surface area contributed by atoms with E-state index in [1.165, 1.54) is 16.1 Å². The van der Waals surface area contributed by atoms with Gasteiger partial charge in [-0.1, -0.05) is 32.0 Å². The van der Waals surface area contributed by atoms with Crippen LogP contribution >= 0.6 is 11.3 Å². The van der Waals surface area contributed by atoms with Crippen LogP contribution in [0.3, 0.4) is 0 Å². The first kappa shape index (κ1) is 16.1. The van der Waals surface area contributed by atoms with Gasteiger partial charge in [0.15, 0.2) is 0 Å². The van der Waals surface area contributed by atoms with Crippen LogP contribution in [-0.4, -0.2) is 20.6 Å². The maximum absolute atomic E-state index is 3.67. The third-order valence-electron chi connectivity index (χ3n) is 3.95. The van der Waals surface area contributed by atoms with Gasteiger partial charge in [0.1, 0.15) is 0 Å². The van der Waals surface area contributed by atoms with Gasteiger partial charge in [-0.3, -0.25) is 0 Å². The Bertz CT molecular complexity index is 541. The fourth-order valence-corrected chi connectivity index (χ4v) is 3.19. The molecule has 0 amide bonds. The summed E-state index contributed by atoms with van der Waals surface area (Å²) in [6.07, 6.45) is 0. The molecule has 0 aliphatic rings. The summed E-state index contributed by atoms with van der Waals surface area (Å²) < 4.78 is 0. The summed E-state index contributed by atoms with van der Waals surface area (Å²) in [7, 11) is 4.14. The molecule has 0 bridgehead atoms. The number of nitrogens with one attached hydrogen (secondary N) is 1. The van der Waals surface area contributed by atoms with Gasteiger partial charge in [0.05, 0.1) is 0 Å². The van der Waals surface area contributed by atoms with Crippen LogP contribution in [0.2, 0.25) is 0 Å². The zero-order chi connectivity index (χ0) is 15.5. The molecule has 1 aromatic carbocycles. The van der Waals surface area contributed by atoms with Gasteiger partial charge in [-0.25, -0.2) is 0 Å². The highest BCUT2D eigenvalue weighted by Gasteiger charge is 2.22. The molecule has 0 aliphatic heterocycles. The Labute approximate surface area is 132 Å². The van der Waals surface area contributed by atoms with Crippen molar-refractivity contribution < 1.29 is 0 Å². The summed E-state index contributed by atoms with van der Waals surface area (Å²) in [5.41, 5.74) is 2.75. The van der Waals surface area contributed by atoms with E-state index in [4.69, 9.17) is 0 Å². The third kappa shape index (κ3) is 4.08. The molecule has 0 fully saturated rings. The van der Waals surface area contributed by atoms with Crippen molar-refractivity contribution in [2.75, 3.05) is 25.5 Å². The molecule has 1 N–H and O–H groups in total. The number of hydrogen-bond donors (Lipinski definition) is 1. The van der Waals surface area contributed by atoms with Crippen molar-refractivity contribution in [2.45, 2.75) is 32.2 Å². The van der Waals surface area contributed by atoms with E-state index >= 15 is 0 Å². The summed E-state index contributed by atoms with van der Waals surface area (Å²) in [5, 5.41) is 5.82. The molecule has 2 rings (SSSR count). The minimum Gasteiger partial charge on any atom is -0.378 e. The predicted molar refractivity (Wildman–Crippen MR) is 94.5 cm³/mol. The van der Waals surface area contributed by atoms with E-state index in [0.29, 0.717) is 6.04 Å². The quantitative estimate of drug-likeness (QED) is 0.848. The molecule has 21 heavy (non-hydrogen) atoms. The molecule has 2 nitrogen and oxygen atoms in total. The van der Waals surface area contributed by atoms with Crippen LogP contribution in [0.5, 0.6) is 0 Å². The Kier molecular flexibility index (Phi) is 5.07. The number of thiophene rings is 1. The summed E-state index contributed by atoms with van der Waals surface area (Å²) in [4.78, 5) is 3.56. The van der Waals surface area contributed by atoms with Crippen molar-refractivity contribution in [3.05, 3.63) is 52.2 Å². The fourth-order valence-electron chi connectivity index (χ4n) is 2.34. The first-order valence-electron chi connectivity index (χ1n) is 7.45. The van der Waals surface area contributed by atoms with Gasteiger partial charge in [0.2, 0.25) is 0 Å². The lowest BCUT2D eigenvalue weighted by Crippen LogP contribution is -2.33. The molecule has 0 saturated heterocycles. The number of nitrogens with zero attached hydrogens (tertiary/aromatic N) is 1. The van der Waals surface area contributed by atoms with Crippen LogP contribution in [0.15, 0.2) is 41.8 Å². The molecule has 1 unspecified atom stereocenters. The predicted octanol–water partition coefficient (Wildman–Crippen LogP) is 4.44. The number of benzene rings is 1. The Hall–Kier alpha value is -1.32. The zero-order valence-electron chi connectivity index (χ0n) is 13.7. The second kappa shape index (κ2) is 6.63. The summed E-state index contributed by atoms with van der Waals surface area (Å²) in [5.74, 6) is 0. The summed E-state index contributed by atoms with van der Waals surface area (Å²) in [6, 6.07) is 13.5. The molecule has 1 aromatic heterocycles. The Morgan fingerprint density at radius 3 is 2.33 bits per heavy atom. The van der Waals surface area contributed by atoms with E-state index in [2.05, 4.69) is 86.9 Å². The van der Waals surface area contributed by atoms with Gasteiger partial charge in [-0.15, -0.1) is 11.3 Å². The first-order valence-corrected chi connectivity index (χ1v) is 8.33. The minimum atomic E-state index is 0.173. The molecule has 114 valence electrons. The van der Waals surface area contributed by atoms with Crippen molar-refractivity contribution in [1.29, 1.82) is 0 Å². The van der Waals surface area contributed by atoms with Gasteiger partial charge in [-0.2, -0.15) is 0 Å². The van der Waals surface area contributed by atoms with Crippen LogP contribution < -0.4 is 10.2 Å². The molecule has 0 aliphatic carbocycles. The topological polar surface area (TPSA) is 15.3 Å². The third-order valence-corrected chi connectivity index (χ3v) is 5.18. The lowest BCUT2D eigenvalue weighted by Gasteiger charge is -2.26. The van der Waals surface area contributed by atoms with E-state index in [1.54, 1.807) is 0 Å². The van der Waals surface area contributed by atoms with Gasteiger partial charge >= 0.3 is 0 Å². The number of anilines is 1. The lowest BCUT2D eigenvalue weighted by atomic mass is 9.91. The monoisotopic (exact) mass is 302 g/mol. The lowest BCUT2D eigenvalue weighted by molar-refractivity contribution is 0.441. The van der Waals surface area contributed by atoms with E-state index in [9.17, 15) is 0 Å². The van der Waals surface area contributed by atoms with Crippen LogP contribution in [0.4, 0.5) is 5.69 Å².